The van der Waals surface area contributed by atoms with Gasteiger partial charge in [-0.15, -0.1) is 0 Å². The second kappa shape index (κ2) is 4.90. The summed E-state index contributed by atoms with van der Waals surface area (Å²) in [6.07, 6.45) is 5.83. The van der Waals surface area contributed by atoms with Gasteiger partial charge in [-0.2, -0.15) is 0 Å². The molecule has 0 saturated heterocycles. The van der Waals surface area contributed by atoms with E-state index in [0.29, 0.717) is 6.61 Å². The van der Waals surface area contributed by atoms with E-state index in [2.05, 4.69) is 15.3 Å². The minimum Gasteiger partial charge on any atom is -0.461 e. The van der Waals surface area contributed by atoms with E-state index in [1.807, 2.05) is 39.1 Å². The summed E-state index contributed by atoms with van der Waals surface area (Å²) in [5.74, 6) is 1.15. The molecule has 0 saturated carbocycles. The second-order valence-electron chi connectivity index (χ2n) is 5.42. The Morgan fingerprint density at radius 1 is 1.35 bits per heavy atom. The standard InChI is InChI=1S/C15H19N3O2/c1-10-14-12(9-19-15(2,3)20-14)11(8-18-10)4-5-13-16-6-7-17-13/h4-5,8H,6-7,9H2,1-3H3,(H,16,17). The van der Waals surface area contributed by atoms with Gasteiger partial charge in [-0.1, -0.05) is 0 Å². The largest absolute Gasteiger partial charge is 0.461 e. The third-order valence-corrected chi connectivity index (χ3v) is 3.38. The molecule has 0 amide bonds. The molecular weight excluding hydrogens is 254 g/mol. The molecule has 3 heterocycles. The maximum Gasteiger partial charge on any atom is 0.205 e. The fourth-order valence-corrected chi connectivity index (χ4v) is 2.30. The molecule has 0 fully saturated rings. The smallest absolute Gasteiger partial charge is 0.205 e. The van der Waals surface area contributed by atoms with Crippen molar-refractivity contribution in [1.82, 2.24) is 10.3 Å². The van der Waals surface area contributed by atoms with Gasteiger partial charge in [0.25, 0.3) is 0 Å². The third kappa shape index (κ3) is 2.54. The molecule has 0 aliphatic carbocycles. The van der Waals surface area contributed by atoms with Crippen molar-refractivity contribution in [3.8, 4) is 5.75 Å². The van der Waals surface area contributed by atoms with Gasteiger partial charge in [0, 0.05) is 37.7 Å². The van der Waals surface area contributed by atoms with Crippen LogP contribution in [0.25, 0.3) is 6.08 Å². The Hall–Kier alpha value is -1.88. The van der Waals surface area contributed by atoms with Gasteiger partial charge < -0.3 is 14.8 Å². The quantitative estimate of drug-likeness (QED) is 0.896. The van der Waals surface area contributed by atoms with Crippen molar-refractivity contribution in [2.75, 3.05) is 13.1 Å². The Labute approximate surface area is 118 Å². The lowest BCUT2D eigenvalue weighted by Crippen LogP contribution is -2.36. The van der Waals surface area contributed by atoms with Gasteiger partial charge in [0.2, 0.25) is 5.79 Å². The number of pyridine rings is 1. The first-order valence-corrected chi connectivity index (χ1v) is 6.83. The number of aryl methyl sites for hydroxylation is 1. The Kier molecular flexibility index (Phi) is 3.22. The number of ether oxygens (including phenoxy) is 2. The van der Waals surface area contributed by atoms with Crippen LogP contribution in [-0.4, -0.2) is 29.7 Å². The summed E-state index contributed by atoms with van der Waals surface area (Å²) in [5, 5.41) is 3.21. The minimum atomic E-state index is -0.598. The molecule has 1 aromatic rings. The highest BCUT2D eigenvalue weighted by Crippen LogP contribution is 2.35. The summed E-state index contributed by atoms with van der Waals surface area (Å²) in [4.78, 5) is 8.75. The van der Waals surface area contributed by atoms with E-state index < -0.39 is 5.79 Å². The summed E-state index contributed by atoms with van der Waals surface area (Å²) in [5.41, 5.74) is 2.95. The molecule has 1 aromatic heterocycles. The molecule has 0 bridgehead atoms. The SMILES string of the molecule is Cc1ncc(C=CC2=NCCN2)c2c1OC(C)(C)OC2. The lowest BCUT2D eigenvalue weighted by Gasteiger charge is -2.33. The molecule has 2 aliphatic heterocycles. The van der Waals surface area contributed by atoms with Crippen LogP contribution in [0.4, 0.5) is 0 Å². The number of hydrogen-bond acceptors (Lipinski definition) is 5. The molecule has 0 radical (unpaired) electrons. The van der Waals surface area contributed by atoms with Crippen molar-refractivity contribution in [1.29, 1.82) is 0 Å². The molecule has 0 aromatic carbocycles. The first-order chi connectivity index (χ1) is 9.55. The van der Waals surface area contributed by atoms with E-state index in [1.165, 1.54) is 0 Å². The molecular formula is C15H19N3O2. The van der Waals surface area contributed by atoms with Gasteiger partial charge in [-0.05, 0) is 19.1 Å². The van der Waals surface area contributed by atoms with Gasteiger partial charge >= 0.3 is 0 Å². The summed E-state index contributed by atoms with van der Waals surface area (Å²) in [7, 11) is 0. The predicted octanol–water partition coefficient (Wildman–Crippen LogP) is 2.05. The van der Waals surface area contributed by atoms with Gasteiger partial charge in [-0.3, -0.25) is 9.98 Å². The Bertz CT molecular complexity index is 591. The fourth-order valence-electron chi connectivity index (χ4n) is 2.30. The maximum atomic E-state index is 5.90. The molecule has 5 heteroatoms. The summed E-state index contributed by atoms with van der Waals surface area (Å²) >= 11 is 0. The van der Waals surface area contributed by atoms with Crippen LogP contribution in [0.3, 0.4) is 0 Å². The first-order valence-electron chi connectivity index (χ1n) is 6.83. The molecule has 2 aliphatic rings. The van der Waals surface area contributed by atoms with Crippen molar-refractivity contribution in [2.24, 2.45) is 4.99 Å². The van der Waals surface area contributed by atoms with Gasteiger partial charge in [0.1, 0.15) is 11.6 Å². The highest BCUT2D eigenvalue weighted by Gasteiger charge is 2.30. The highest BCUT2D eigenvalue weighted by atomic mass is 16.7. The zero-order chi connectivity index (χ0) is 14.2. The maximum absolute atomic E-state index is 5.90. The van der Waals surface area contributed by atoms with Crippen LogP contribution in [0.1, 0.15) is 30.7 Å². The van der Waals surface area contributed by atoms with Crippen molar-refractivity contribution in [3.05, 3.63) is 29.1 Å². The lowest BCUT2D eigenvalue weighted by atomic mass is 10.1. The van der Waals surface area contributed by atoms with Gasteiger partial charge in [0.05, 0.1) is 18.8 Å². The van der Waals surface area contributed by atoms with Crippen LogP contribution in [0.5, 0.6) is 5.75 Å². The van der Waals surface area contributed by atoms with Crippen LogP contribution in [0, 0.1) is 6.92 Å². The summed E-state index contributed by atoms with van der Waals surface area (Å²) in [6.45, 7) is 8.06. The Morgan fingerprint density at radius 3 is 2.95 bits per heavy atom. The molecule has 1 N–H and O–H groups in total. The molecule has 3 rings (SSSR count). The van der Waals surface area contributed by atoms with E-state index in [-0.39, 0.29) is 0 Å². The van der Waals surface area contributed by atoms with Crippen molar-refractivity contribution in [2.45, 2.75) is 33.2 Å². The van der Waals surface area contributed by atoms with Gasteiger partial charge in [-0.25, -0.2) is 0 Å². The first kappa shape index (κ1) is 13.1. The van der Waals surface area contributed by atoms with Crippen LogP contribution in [0.2, 0.25) is 0 Å². The summed E-state index contributed by atoms with van der Waals surface area (Å²) < 4.78 is 11.6. The normalized spacial score (nSPS) is 20.2. The second-order valence-corrected chi connectivity index (χ2v) is 5.42. The minimum absolute atomic E-state index is 0.533. The van der Waals surface area contributed by atoms with E-state index in [1.54, 1.807) is 0 Å². The lowest BCUT2D eigenvalue weighted by molar-refractivity contribution is -0.180. The molecule has 0 spiro atoms. The van der Waals surface area contributed by atoms with Crippen LogP contribution < -0.4 is 10.1 Å². The van der Waals surface area contributed by atoms with Crippen molar-refractivity contribution in [3.63, 3.8) is 0 Å². The molecule has 0 unspecified atom stereocenters. The van der Waals surface area contributed by atoms with Crippen LogP contribution in [0.15, 0.2) is 17.3 Å². The van der Waals surface area contributed by atoms with E-state index in [4.69, 9.17) is 9.47 Å². The van der Waals surface area contributed by atoms with E-state index >= 15 is 0 Å². The van der Waals surface area contributed by atoms with E-state index in [9.17, 15) is 0 Å². The van der Waals surface area contributed by atoms with Crippen molar-refractivity contribution < 1.29 is 9.47 Å². The number of rotatable bonds is 2. The number of fused-ring (bicyclic) bond motifs is 1. The fraction of sp³-hybridized carbons (Fsp3) is 0.467. The number of hydrogen-bond donors (Lipinski definition) is 1. The zero-order valence-electron chi connectivity index (χ0n) is 12.1. The number of amidine groups is 1. The average Bonchev–Trinajstić information content (AvgIpc) is 2.91. The highest BCUT2D eigenvalue weighted by molar-refractivity contribution is 5.97. The molecule has 106 valence electrons. The number of aromatic nitrogens is 1. The summed E-state index contributed by atoms with van der Waals surface area (Å²) in [6, 6.07) is 0. The topological polar surface area (TPSA) is 55.7 Å². The van der Waals surface area contributed by atoms with Crippen LogP contribution in [-0.2, 0) is 11.3 Å². The Balaban J connectivity index is 1.93. The van der Waals surface area contributed by atoms with Crippen LogP contribution >= 0.6 is 0 Å². The van der Waals surface area contributed by atoms with E-state index in [0.717, 1.165) is 41.5 Å². The third-order valence-electron chi connectivity index (χ3n) is 3.38. The molecule has 20 heavy (non-hydrogen) atoms. The van der Waals surface area contributed by atoms with Gasteiger partial charge in [0.15, 0.2) is 0 Å². The molecule has 0 atom stereocenters. The number of nitrogens with zero attached hydrogens (tertiary/aromatic N) is 2. The van der Waals surface area contributed by atoms with Crippen molar-refractivity contribution >= 4 is 11.9 Å². The number of nitrogens with one attached hydrogen (secondary N) is 1. The Morgan fingerprint density at radius 2 is 2.20 bits per heavy atom. The average molecular weight is 273 g/mol. The predicted molar refractivity (Wildman–Crippen MR) is 77.8 cm³/mol. The number of aliphatic imine (C=N–C) groups is 1. The zero-order valence-corrected chi connectivity index (χ0v) is 12.1. The molecule has 5 nitrogen and oxygen atoms in total. The monoisotopic (exact) mass is 273 g/mol.